The predicted octanol–water partition coefficient (Wildman–Crippen LogP) is 9.43. The van der Waals surface area contributed by atoms with E-state index in [1.807, 2.05) is 32.0 Å². The van der Waals surface area contributed by atoms with Gasteiger partial charge < -0.3 is 0 Å². The van der Waals surface area contributed by atoms with E-state index in [2.05, 4.69) is 124 Å². The quantitative estimate of drug-likeness (QED) is 0.176. The highest BCUT2D eigenvalue weighted by molar-refractivity contribution is 6.00. The van der Waals surface area contributed by atoms with E-state index >= 15 is 0 Å². The second kappa shape index (κ2) is 12.2. The van der Waals surface area contributed by atoms with Crippen LogP contribution in [0.5, 0.6) is 0 Å². The van der Waals surface area contributed by atoms with Crippen molar-refractivity contribution in [1.29, 1.82) is 0 Å². The van der Waals surface area contributed by atoms with Crippen LogP contribution < -0.4 is 0 Å². The van der Waals surface area contributed by atoms with Crippen LogP contribution in [-0.2, 0) is 0 Å². The molecule has 5 nitrogen and oxygen atoms in total. The normalized spacial score (nSPS) is 12.5. The monoisotopic (exact) mass is 555 g/mol. The van der Waals surface area contributed by atoms with Crippen molar-refractivity contribution >= 4 is 11.4 Å². The van der Waals surface area contributed by atoms with Gasteiger partial charge in [0.15, 0.2) is 0 Å². The summed E-state index contributed by atoms with van der Waals surface area (Å²) >= 11 is 0. The molecule has 5 heteroatoms. The first-order valence-electron chi connectivity index (χ1n) is 14.8. The number of aryl methyl sites for hydroxylation is 2. The first-order chi connectivity index (χ1) is 20.2. The van der Waals surface area contributed by atoms with E-state index in [0.717, 1.165) is 34.2 Å². The molecule has 5 aromatic rings. The Labute approximate surface area is 250 Å². The Bertz CT molecular complexity index is 1650. The van der Waals surface area contributed by atoms with Gasteiger partial charge in [0, 0.05) is 22.5 Å². The summed E-state index contributed by atoms with van der Waals surface area (Å²) < 4.78 is 4.17. The van der Waals surface area contributed by atoms with Gasteiger partial charge in [0.25, 0.3) is 0 Å². The lowest BCUT2D eigenvalue weighted by Gasteiger charge is -2.14. The van der Waals surface area contributed by atoms with E-state index in [1.165, 1.54) is 33.6 Å². The summed E-state index contributed by atoms with van der Waals surface area (Å²) in [5.41, 5.74) is 12.7. The summed E-state index contributed by atoms with van der Waals surface area (Å²) in [6, 6.07) is 31.7. The second-order valence-electron chi connectivity index (χ2n) is 11.6. The van der Waals surface area contributed by atoms with Crippen LogP contribution in [0.1, 0.15) is 87.3 Å². The molecule has 214 valence electrons. The Morgan fingerprint density at radius 1 is 0.548 bits per heavy atom. The lowest BCUT2D eigenvalue weighted by molar-refractivity contribution is 0.730. The number of hydrogen-bond acceptors (Lipinski definition) is 3. The fourth-order valence-corrected chi connectivity index (χ4v) is 5.35. The smallest absolute Gasteiger partial charge is 0.0867 e. The van der Waals surface area contributed by atoms with Gasteiger partial charge in [0.05, 0.1) is 34.2 Å². The van der Waals surface area contributed by atoms with Crippen molar-refractivity contribution in [2.75, 3.05) is 0 Å². The van der Waals surface area contributed by atoms with Crippen molar-refractivity contribution in [3.63, 3.8) is 0 Å². The molecule has 0 aliphatic rings. The Morgan fingerprint density at radius 3 is 1.33 bits per heavy atom. The molecule has 0 N–H and O–H groups in total. The molecule has 42 heavy (non-hydrogen) atoms. The lowest BCUT2D eigenvalue weighted by Crippen LogP contribution is -2.10. The van der Waals surface area contributed by atoms with Crippen LogP contribution in [0.15, 0.2) is 101 Å². The van der Waals surface area contributed by atoms with Gasteiger partial charge in [0.2, 0.25) is 0 Å². The van der Waals surface area contributed by atoms with Gasteiger partial charge in [-0.2, -0.15) is 10.2 Å². The summed E-state index contributed by atoms with van der Waals surface area (Å²) in [6.45, 7) is 17.2. The summed E-state index contributed by atoms with van der Waals surface area (Å²) in [7, 11) is 0. The van der Waals surface area contributed by atoms with Crippen LogP contribution in [0, 0.1) is 13.8 Å². The maximum Gasteiger partial charge on any atom is 0.0867 e. The van der Waals surface area contributed by atoms with Crippen molar-refractivity contribution in [3.05, 3.63) is 125 Å². The van der Waals surface area contributed by atoms with Gasteiger partial charge in [-0.25, -0.2) is 14.3 Å². The average Bonchev–Trinajstić information content (AvgIpc) is 3.58. The zero-order chi connectivity index (χ0) is 30.0. The molecule has 0 spiro atoms. The fraction of sp³-hybridized carbons (Fsp3) is 0.270. The highest BCUT2D eigenvalue weighted by Gasteiger charge is 2.17. The molecule has 0 saturated heterocycles. The number of hydrogen-bond donors (Lipinski definition) is 0. The van der Waals surface area contributed by atoms with Crippen LogP contribution >= 0.6 is 0 Å². The number of nitrogens with zero attached hydrogens (tertiary/aromatic N) is 5. The molecular formula is C37H41N5. The largest absolute Gasteiger partial charge is 0.245 e. The van der Waals surface area contributed by atoms with Gasteiger partial charge in [-0.15, -0.1) is 0 Å². The van der Waals surface area contributed by atoms with E-state index in [-0.39, 0.29) is 0 Å². The van der Waals surface area contributed by atoms with Gasteiger partial charge in [-0.1, -0.05) is 82.3 Å². The maximum absolute atomic E-state index is 5.13. The van der Waals surface area contributed by atoms with Crippen molar-refractivity contribution in [2.24, 2.45) is 10.2 Å². The van der Waals surface area contributed by atoms with E-state index in [4.69, 9.17) is 15.2 Å². The average molecular weight is 556 g/mol. The zero-order valence-electron chi connectivity index (χ0n) is 26.1. The molecule has 0 atom stereocenters. The third kappa shape index (κ3) is 5.78. The summed E-state index contributed by atoms with van der Waals surface area (Å²) in [5.74, 6) is 0.652. The molecule has 0 bridgehead atoms. The molecule has 5 rings (SSSR count). The van der Waals surface area contributed by atoms with Gasteiger partial charge in [-0.3, -0.25) is 0 Å². The molecule has 3 aromatic heterocycles. The van der Waals surface area contributed by atoms with Gasteiger partial charge in [-0.05, 0) is 87.1 Å². The molecule has 0 aliphatic carbocycles. The zero-order valence-corrected chi connectivity index (χ0v) is 26.1. The second-order valence-corrected chi connectivity index (χ2v) is 11.6. The SMILES string of the molecule is C/C(=N\n1c(-c2ccccc2C)ccc1C(C)C)c1cccc(/C(C)=N/n2c(-c3ccccc3C)ccc2C(C)C)n1. The molecule has 0 aliphatic heterocycles. The van der Waals surface area contributed by atoms with Crippen LogP contribution in [0.4, 0.5) is 0 Å². The summed E-state index contributed by atoms with van der Waals surface area (Å²) in [6.07, 6.45) is 0. The molecule has 2 aromatic carbocycles. The molecule has 3 heterocycles. The van der Waals surface area contributed by atoms with Crippen molar-refractivity contribution in [2.45, 2.75) is 67.2 Å². The van der Waals surface area contributed by atoms with Crippen molar-refractivity contribution in [1.82, 2.24) is 14.3 Å². The van der Waals surface area contributed by atoms with E-state index < -0.39 is 0 Å². The van der Waals surface area contributed by atoms with E-state index in [9.17, 15) is 0 Å². The fourth-order valence-electron chi connectivity index (χ4n) is 5.35. The van der Waals surface area contributed by atoms with Crippen LogP contribution in [-0.4, -0.2) is 25.8 Å². The van der Waals surface area contributed by atoms with Gasteiger partial charge >= 0.3 is 0 Å². The molecule has 0 fully saturated rings. The van der Waals surface area contributed by atoms with Crippen LogP contribution in [0.25, 0.3) is 22.5 Å². The number of benzene rings is 2. The van der Waals surface area contributed by atoms with E-state index in [1.54, 1.807) is 0 Å². The highest BCUT2D eigenvalue weighted by Crippen LogP contribution is 2.30. The van der Waals surface area contributed by atoms with Crippen molar-refractivity contribution < 1.29 is 0 Å². The highest BCUT2D eigenvalue weighted by atomic mass is 15.4. The predicted molar refractivity (Wildman–Crippen MR) is 177 cm³/mol. The Hall–Kier alpha value is -4.51. The third-order valence-corrected chi connectivity index (χ3v) is 7.79. The molecular weight excluding hydrogens is 514 g/mol. The van der Waals surface area contributed by atoms with Crippen LogP contribution in [0.2, 0.25) is 0 Å². The minimum atomic E-state index is 0.326. The Kier molecular flexibility index (Phi) is 8.39. The third-order valence-electron chi connectivity index (χ3n) is 7.79. The molecule has 0 amide bonds. The minimum Gasteiger partial charge on any atom is -0.245 e. The first kappa shape index (κ1) is 29.0. The first-order valence-corrected chi connectivity index (χ1v) is 14.8. The van der Waals surface area contributed by atoms with Crippen LogP contribution in [0.3, 0.4) is 0 Å². The number of pyridine rings is 1. The molecule has 0 radical (unpaired) electrons. The number of rotatable bonds is 8. The topological polar surface area (TPSA) is 47.5 Å². The summed E-state index contributed by atoms with van der Waals surface area (Å²) in [4.78, 5) is 5.03. The van der Waals surface area contributed by atoms with E-state index in [0.29, 0.717) is 11.8 Å². The minimum absolute atomic E-state index is 0.326. The Morgan fingerprint density at radius 2 is 0.952 bits per heavy atom. The van der Waals surface area contributed by atoms with Crippen molar-refractivity contribution in [3.8, 4) is 22.5 Å². The number of aromatic nitrogens is 3. The molecule has 0 saturated carbocycles. The molecule has 0 unspecified atom stereocenters. The Balaban J connectivity index is 1.56. The lowest BCUT2D eigenvalue weighted by atomic mass is 10.1. The standard InChI is InChI=1S/C37H41N5/c1-24(2)34-20-22-36(30-16-11-9-14-26(30)5)41(34)39-28(7)32-18-13-19-33(38-32)29(8)40-42-35(25(3)4)21-23-37(42)31-17-12-10-15-27(31)6/h9-25H,1-8H3/b39-28+,40-29+. The maximum atomic E-state index is 5.13. The van der Waals surface area contributed by atoms with Gasteiger partial charge in [0.1, 0.15) is 0 Å². The summed E-state index contributed by atoms with van der Waals surface area (Å²) in [5, 5.41) is 10.3.